The Morgan fingerprint density at radius 3 is 2.33 bits per heavy atom. The van der Waals surface area contributed by atoms with Crippen molar-refractivity contribution in [1.82, 2.24) is 0 Å². The lowest BCUT2D eigenvalue weighted by molar-refractivity contribution is -0.201. The smallest absolute Gasteiger partial charge is 0.157 e. The van der Waals surface area contributed by atoms with Gasteiger partial charge in [0.25, 0.3) is 0 Å². The van der Waals surface area contributed by atoms with Gasteiger partial charge >= 0.3 is 0 Å². The first kappa shape index (κ1) is 16.4. The lowest BCUT2D eigenvalue weighted by Crippen LogP contribution is -2.31. The Morgan fingerprint density at radius 1 is 1.05 bits per heavy atom. The van der Waals surface area contributed by atoms with E-state index in [1.165, 1.54) is 32.1 Å². The summed E-state index contributed by atoms with van der Waals surface area (Å²) in [6.07, 6.45) is 7.23. The molecule has 1 saturated carbocycles. The summed E-state index contributed by atoms with van der Waals surface area (Å²) < 4.78 is 11.5. The van der Waals surface area contributed by atoms with Crippen molar-refractivity contribution in [2.24, 2.45) is 17.3 Å². The molecule has 0 bridgehead atoms. The van der Waals surface area contributed by atoms with Gasteiger partial charge in [0.05, 0.1) is 13.2 Å². The molecule has 1 saturated heterocycles. The summed E-state index contributed by atoms with van der Waals surface area (Å²) in [7, 11) is 0. The van der Waals surface area contributed by atoms with Gasteiger partial charge in [0.2, 0.25) is 0 Å². The quantitative estimate of drug-likeness (QED) is 0.731. The minimum absolute atomic E-state index is 0.0362. The van der Waals surface area contributed by atoms with Crippen LogP contribution in [0.5, 0.6) is 0 Å². The van der Waals surface area contributed by atoms with E-state index in [9.17, 15) is 0 Å². The van der Waals surface area contributed by atoms with Crippen molar-refractivity contribution in [2.75, 3.05) is 13.2 Å². The maximum Gasteiger partial charge on any atom is 0.157 e. The molecule has 1 aliphatic carbocycles. The van der Waals surface area contributed by atoms with Gasteiger partial charge in [-0.1, -0.05) is 18.8 Å². The van der Waals surface area contributed by atoms with Gasteiger partial charge in [-0.15, -0.1) is 0 Å². The summed E-state index contributed by atoms with van der Waals surface area (Å²) >= 11 is 0. The van der Waals surface area contributed by atoms with Crippen molar-refractivity contribution in [2.45, 2.75) is 65.6 Å². The van der Waals surface area contributed by atoms with Gasteiger partial charge < -0.3 is 9.47 Å². The van der Waals surface area contributed by atoms with Crippen molar-refractivity contribution in [3.8, 4) is 23.7 Å². The fraction of sp³-hybridized carbons (Fsp3) is 0.789. The van der Waals surface area contributed by atoms with Crippen LogP contribution in [0.25, 0.3) is 0 Å². The molecule has 1 heterocycles. The zero-order valence-corrected chi connectivity index (χ0v) is 13.7. The highest BCUT2D eigenvalue weighted by molar-refractivity contribution is 5.28. The predicted octanol–water partition coefficient (Wildman–Crippen LogP) is 4.00. The van der Waals surface area contributed by atoms with E-state index < -0.39 is 0 Å². The summed E-state index contributed by atoms with van der Waals surface area (Å²) in [6.45, 7) is 7.98. The first-order valence-electron chi connectivity index (χ1n) is 8.28. The highest BCUT2D eigenvalue weighted by Crippen LogP contribution is 2.40. The fourth-order valence-electron chi connectivity index (χ4n) is 3.15. The number of ether oxygens (including phenoxy) is 2. The molecule has 0 spiro atoms. The second-order valence-corrected chi connectivity index (χ2v) is 6.91. The summed E-state index contributed by atoms with van der Waals surface area (Å²) in [5, 5.41) is 0. The van der Waals surface area contributed by atoms with E-state index in [0.29, 0.717) is 5.92 Å². The van der Waals surface area contributed by atoms with Crippen molar-refractivity contribution in [3.05, 3.63) is 0 Å². The van der Waals surface area contributed by atoms with Crippen LogP contribution < -0.4 is 0 Å². The maximum absolute atomic E-state index is 5.73. The van der Waals surface area contributed by atoms with E-state index in [1.54, 1.807) is 0 Å². The molecule has 2 rings (SSSR count). The van der Waals surface area contributed by atoms with E-state index in [1.807, 2.05) is 6.92 Å². The zero-order chi connectivity index (χ0) is 15.1. The molecule has 1 aliphatic heterocycles. The Labute approximate surface area is 130 Å². The Morgan fingerprint density at radius 2 is 1.71 bits per heavy atom. The molecule has 0 aromatic carbocycles. The molecule has 2 heteroatoms. The molecule has 0 aromatic heterocycles. The standard InChI is InChI=1S/C19H28O2/c1-4-5-6-11-19(3)12-9-17(10-13-19)7-8-18-20-14-16(2)15-21-18/h16-18H,7-10,12-15H2,1-3H3. The molecule has 2 aliphatic rings. The first-order valence-corrected chi connectivity index (χ1v) is 8.28. The average Bonchev–Trinajstić information content (AvgIpc) is 2.49. The second-order valence-electron chi connectivity index (χ2n) is 6.91. The van der Waals surface area contributed by atoms with Crippen molar-refractivity contribution in [1.29, 1.82) is 0 Å². The molecule has 0 amide bonds. The van der Waals surface area contributed by atoms with Crippen LogP contribution >= 0.6 is 0 Å². The van der Waals surface area contributed by atoms with Gasteiger partial charge in [0, 0.05) is 11.3 Å². The Hall–Kier alpha value is -0.960. The Balaban J connectivity index is 1.69. The zero-order valence-electron chi connectivity index (χ0n) is 13.7. The SMILES string of the molecule is CC#CC#CC1(C)CCC(CCC2OCC(C)CO2)CC1. The van der Waals surface area contributed by atoms with Crippen molar-refractivity contribution >= 4 is 0 Å². The number of rotatable bonds is 3. The van der Waals surface area contributed by atoms with E-state index >= 15 is 0 Å². The molecule has 116 valence electrons. The van der Waals surface area contributed by atoms with E-state index in [2.05, 4.69) is 37.5 Å². The third kappa shape index (κ3) is 5.39. The second kappa shape index (κ2) is 7.88. The minimum Gasteiger partial charge on any atom is -0.352 e. The van der Waals surface area contributed by atoms with Gasteiger partial charge in [-0.3, -0.25) is 0 Å². The topological polar surface area (TPSA) is 18.5 Å². The van der Waals surface area contributed by atoms with Crippen LogP contribution in [-0.4, -0.2) is 19.5 Å². The average molecular weight is 288 g/mol. The molecule has 2 fully saturated rings. The van der Waals surface area contributed by atoms with Crippen LogP contribution in [0.4, 0.5) is 0 Å². The fourth-order valence-corrected chi connectivity index (χ4v) is 3.15. The van der Waals surface area contributed by atoms with Crippen LogP contribution in [0.2, 0.25) is 0 Å². The monoisotopic (exact) mass is 288 g/mol. The van der Waals surface area contributed by atoms with E-state index in [0.717, 1.165) is 25.6 Å². The highest BCUT2D eigenvalue weighted by Gasteiger charge is 2.30. The lowest BCUT2D eigenvalue weighted by atomic mass is 9.71. The van der Waals surface area contributed by atoms with Crippen LogP contribution in [0.3, 0.4) is 0 Å². The number of hydrogen-bond donors (Lipinski definition) is 0. The molecule has 0 radical (unpaired) electrons. The third-order valence-corrected chi connectivity index (χ3v) is 4.70. The Kier molecular flexibility index (Phi) is 6.16. The number of hydrogen-bond acceptors (Lipinski definition) is 2. The largest absolute Gasteiger partial charge is 0.352 e. The summed E-state index contributed by atoms with van der Waals surface area (Å²) in [5.41, 5.74) is 0.174. The predicted molar refractivity (Wildman–Crippen MR) is 85.4 cm³/mol. The molecule has 0 unspecified atom stereocenters. The van der Waals surface area contributed by atoms with Crippen LogP contribution in [0.1, 0.15) is 59.3 Å². The van der Waals surface area contributed by atoms with Crippen molar-refractivity contribution in [3.63, 3.8) is 0 Å². The summed E-state index contributed by atoms with van der Waals surface area (Å²) in [6, 6.07) is 0. The maximum atomic E-state index is 5.73. The summed E-state index contributed by atoms with van der Waals surface area (Å²) in [4.78, 5) is 0. The van der Waals surface area contributed by atoms with Gasteiger partial charge in [-0.2, -0.15) is 0 Å². The van der Waals surface area contributed by atoms with Gasteiger partial charge in [0.1, 0.15) is 0 Å². The normalized spacial score (nSPS) is 36.0. The van der Waals surface area contributed by atoms with Crippen LogP contribution in [0, 0.1) is 40.9 Å². The highest BCUT2D eigenvalue weighted by atomic mass is 16.7. The third-order valence-electron chi connectivity index (χ3n) is 4.70. The molecular weight excluding hydrogens is 260 g/mol. The molecule has 0 aromatic rings. The molecular formula is C19H28O2. The lowest BCUT2D eigenvalue weighted by Gasteiger charge is -2.34. The molecule has 0 atom stereocenters. The molecule has 0 N–H and O–H groups in total. The molecule has 21 heavy (non-hydrogen) atoms. The van der Waals surface area contributed by atoms with E-state index in [-0.39, 0.29) is 11.7 Å². The van der Waals surface area contributed by atoms with Crippen molar-refractivity contribution < 1.29 is 9.47 Å². The van der Waals surface area contributed by atoms with E-state index in [4.69, 9.17) is 9.47 Å². The van der Waals surface area contributed by atoms with Gasteiger partial charge in [-0.05, 0) is 70.1 Å². The van der Waals surface area contributed by atoms with Gasteiger partial charge in [-0.25, -0.2) is 0 Å². The Bertz CT molecular complexity index is 430. The van der Waals surface area contributed by atoms with Crippen LogP contribution in [0.15, 0.2) is 0 Å². The molecule has 2 nitrogen and oxygen atoms in total. The van der Waals surface area contributed by atoms with Crippen LogP contribution in [-0.2, 0) is 9.47 Å². The minimum atomic E-state index is 0.0362. The van der Waals surface area contributed by atoms with Gasteiger partial charge in [0.15, 0.2) is 6.29 Å². The summed E-state index contributed by atoms with van der Waals surface area (Å²) in [5.74, 6) is 13.4. The first-order chi connectivity index (χ1) is 10.1.